The second-order valence-corrected chi connectivity index (χ2v) is 6.52. The highest BCUT2D eigenvalue weighted by molar-refractivity contribution is 6.30. The van der Waals surface area contributed by atoms with Crippen LogP contribution in [0.25, 0.3) is 5.65 Å². The molecule has 124 valence electrons. The van der Waals surface area contributed by atoms with Gasteiger partial charge in [0.25, 0.3) is 0 Å². The number of benzene rings is 1. The third-order valence-electron chi connectivity index (χ3n) is 3.88. The van der Waals surface area contributed by atoms with Gasteiger partial charge in [-0.3, -0.25) is 9.20 Å². The van der Waals surface area contributed by atoms with Crippen molar-refractivity contribution in [2.24, 2.45) is 5.92 Å². The Kier molecular flexibility index (Phi) is 4.81. The fourth-order valence-corrected chi connectivity index (χ4v) is 2.74. The molecule has 0 saturated carbocycles. The Labute approximate surface area is 145 Å². The number of rotatable bonds is 5. The fraction of sp³-hybridized carbons (Fsp3) is 0.278. The van der Waals surface area contributed by atoms with Gasteiger partial charge >= 0.3 is 0 Å². The Bertz CT molecular complexity index is 842. The molecule has 0 saturated heterocycles. The molecular weight excluding hydrogens is 324 g/mol. The molecule has 2 heterocycles. The third kappa shape index (κ3) is 3.57. The molecule has 1 N–H and O–H groups in total. The van der Waals surface area contributed by atoms with Gasteiger partial charge in [-0.15, -0.1) is 10.2 Å². The van der Waals surface area contributed by atoms with Gasteiger partial charge in [-0.05, 0) is 35.7 Å². The van der Waals surface area contributed by atoms with Crippen LogP contribution in [0.4, 0.5) is 0 Å². The number of carbonyl (C=O) groups is 1. The lowest BCUT2D eigenvalue weighted by Gasteiger charge is -2.21. The summed E-state index contributed by atoms with van der Waals surface area (Å²) in [5, 5.41) is 12.2. The van der Waals surface area contributed by atoms with Crippen LogP contribution in [0.5, 0.6) is 0 Å². The first-order chi connectivity index (χ1) is 11.5. The number of fused-ring (bicyclic) bond motifs is 1. The Morgan fingerprint density at radius 3 is 2.62 bits per heavy atom. The highest BCUT2D eigenvalue weighted by Crippen LogP contribution is 2.21. The summed E-state index contributed by atoms with van der Waals surface area (Å²) in [7, 11) is 0. The topological polar surface area (TPSA) is 59.3 Å². The van der Waals surface area contributed by atoms with E-state index in [1.54, 1.807) is 12.1 Å². The summed E-state index contributed by atoms with van der Waals surface area (Å²) in [5.41, 5.74) is 1.69. The molecule has 0 aliphatic rings. The summed E-state index contributed by atoms with van der Waals surface area (Å²) in [6, 6.07) is 12.8. The molecule has 0 aliphatic carbocycles. The average molecular weight is 343 g/mol. The van der Waals surface area contributed by atoms with Crippen molar-refractivity contribution in [2.75, 3.05) is 0 Å². The molecule has 0 radical (unpaired) electrons. The molecule has 0 aliphatic heterocycles. The molecule has 3 aromatic rings. The lowest BCUT2D eigenvalue weighted by Crippen LogP contribution is -2.34. The molecule has 5 nitrogen and oxygen atoms in total. The summed E-state index contributed by atoms with van der Waals surface area (Å²) in [5.74, 6) is 0.875. The minimum atomic E-state index is -0.206. The van der Waals surface area contributed by atoms with Gasteiger partial charge in [0.1, 0.15) is 0 Å². The monoisotopic (exact) mass is 342 g/mol. The number of halogens is 1. The van der Waals surface area contributed by atoms with E-state index >= 15 is 0 Å². The minimum absolute atomic E-state index is 0.0521. The van der Waals surface area contributed by atoms with Crippen LogP contribution < -0.4 is 5.32 Å². The molecule has 24 heavy (non-hydrogen) atoms. The first-order valence-corrected chi connectivity index (χ1v) is 8.26. The normalized spacial score (nSPS) is 12.5. The van der Waals surface area contributed by atoms with Gasteiger partial charge in [-0.25, -0.2) is 0 Å². The zero-order chi connectivity index (χ0) is 17.1. The molecule has 2 aromatic heterocycles. The van der Waals surface area contributed by atoms with Gasteiger partial charge in [0, 0.05) is 11.2 Å². The van der Waals surface area contributed by atoms with Gasteiger partial charge in [0.15, 0.2) is 11.5 Å². The minimum Gasteiger partial charge on any atom is -0.346 e. The average Bonchev–Trinajstić information content (AvgIpc) is 2.98. The molecular formula is C18H19ClN4O. The molecule has 1 atom stereocenters. The van der Waals surface area contributed by atoms with E-state index in [0.717, 1.165) is 17.0 Å². The highest BCUT2D eigenvalue weighted by atomic mass is 35.5. The van der Waals surface area contributed by atoms with Gasteiger partial charge in [0.05, 0.1) is 12.5 Å². The van der Waals surface area contributed by atoms with Crippen LogP contribution in [-0.4, -0.2) is 20.5 Å². The van der Waals surface area contributed by atoms with Crippen molar-refractivity contribution in [2.45, 2.75) is 26.3 Å². The van der Waals surface area contributed by atoms with Crippen LogP contribution >= 0.6 is 11.6 Å². The standard InChI is InChI=1S/C18H19ClN4O/c1-12(2)17(18-22-21-15-5-3-4-10-23(15)18)20-16(24)11-13-6-8-14(19)9-7-13/h3-10,12,17H,11H2,1-2H3,(H,20,24)/t17-/m0/s1. The van der Waals surface area contributed by atoms with Crippen molar-refractivity contribution in [3.05, 3.63) is 65.1 Å². The predicted molar refractivity (Wildman–Crippen MR) is 93.9 cm³/mol. The van der Waals surface area contributed by atoms with E-state index < -0.39 is 0 Å². The SMILES string of the molecule is CC(C)[C@H](NC(=O)Cc1ccc(Cl)cc1)c1nnc2ccccn12. The second kappa shape index (κ2) is 7.01. The summed E-state index contributed by atoms with van der Waals surface area (Å²) in [4.78, 5) is 12.4. The van der Waals surface area contributed by atoms with Crippen molar-refractivity contribution in [3.8, 4) is 0 Å². The first-order valence-electron chi connectivity index (χ1n) is 7.88. The quantitative estimate of drug-likeness (QED) is 0.772. The van der Waals surface area contributed by atoms with E-state index in [0.29, 0.717) is 11.4 Å². The third-order valence-corrected chi connectivity index (χ3v) is 4.13. The van der Waals surface area contributed by atoms with Gasteiger partial charge in [0.2, 0.25) is 5.91 Å². The summed E-state index contributed by atoms with van der Waals surface area (Å²) < 4.78 is 1.91. The molecule has 3 rings (SSSR count). The van der Waals surface area contributed by atoms with Gasteiger partial charge in [-0.2, -0.15) is 0 Å². The Morgan fingerprint density at radius 2 is 1.92 bits per heavy atom. The molecule has 0 bridgehead atoms. The largest absolute Gasteiger partial charge is 0.346 e. The molecule has 0 fully saturated rings. The van der Waals surface area contributed by atoms with Crippen LogP contribution in [0.3, 0.4) is 0 Å². The number of nitrogens with one attached hydrogen (secondary N) is 1. The van der Waals surface area contributed by atoms with Crippen molar-refractivity contribution >= 4 is 23.2 Å². The smallest absolute Gasteiger partial charge is 0.225 e. The Morgan fingerprint density at radius 1 is 1.17 bits per heavy atom. The first kappa shape index (κ1) is 16.5. The summed E-state index contributed by atoms with van der Waals surface area (Å²) in [6.07, 6.45) is 2.21. The van der Waals surface area contributed by atoms with Crippen LogP contribution in [0.15, 0.2) is 48.7 Å². The van der Waals surface area contributed by atoms with E-state index in [2.05, 4.69) is 29.4 Å². The van der Waals surface area contributed by atoms with Crippen molar-refractivity contribution < 1.29 is 4.79 Å². The molecule has 0 spiro atoms. The fourth-order valence-electron chi connectivity index (χ4n) is 2.61. The number of hydrogen-bond acceptors (Lipinski definition) is 3. The lowest BCUT2D eigenvalue weighted by atomic mass is 10.0. The predicted octanol–water partition coefficient (Wildman–Crippen LogP) is 3.44. The Hall–Kier alpha value is -2.40. The second-order valence-electron chi connectivity index (χ2n) is 6.08. The van der Waals surface area contributed by atoms with Gasteiger partial charge < -0.3 is 5.32 Å². The molecule has 6 heteroatoms. The van der Waals surface area contributed by atoms with Crippen LogP contribution in [0.1, 0.15) is 31.3 Å². The number of aromatic nitrogens is 3. The lowest BCUT2D eigenvalue weighted by molar-refractivity contribution is -0.121. The summed E-state index contributed by atoms with van der Waals surface area (Å²) in [6.45, 7) is 4.11. The van der Waals surface area contributed by atoms with E-state index in [9.17, 15) is 4.79 Å². The van der Waals surface area contributed by atoms with Crippen LogP contribution in [0, 0.1) is 5.92 Å². The zero-order valence-electron chi connectivity index (χ0n) is 13.6. The van der Waals surface area contributed by atoms with Crippen LogP contribution in [-0.2, 0) is 11.2 Å². The number of nitrogens with zero attached hydrogens (tertiary/aromatic N) is 3. The van der Waals surface area contributed by atoms with E-state index in [1.165, 1.54) is 0 Å². The molecule has 0 unspecified atom stereocenters. The number of hydrogen-bond donors (Lipinski definition) is 1. The van der Waals surface area contributed by atoms with E-state index in [1.807, 2.05) is 40.9 Å². The maximum absolute atomic E-state index is 12.4. The van der Waals surface area contributed by atoms with E-state index in [4.69, 9.17) is 11.6 Å². The van der Waals surface area contributed by atoms with E-state index in [-0.39, 0.29) is 17.9 Å². The molecule has 1 aromatic carbocycles. The Balaban J connectivity index is 1.79. The number of pyridine rings is 1. The highest BCUT2D eigenvalue weighted by Gasteiger charge is 2.23. The summed E-state index contributed by atoms with van der Waals surface area (Å²) >= 11 is 5.88. The van der Waals surface area contributed by atoms with Crippen molar-refractivity contribution in [1.29, 1.82) is 0 Å². The molecule has 1 amide bonds. The van der Waals surface area contributed by atoms with Crippen LogP contribution in [0.2, 0.25) is 5.02 Å². The van der Waals surface area contributed by atoms with Gasteiger partial charge in [-0.1, -0.05) is 43.6 Å². The van der Waals surface area contributed by atoms with Crippen molar-refractivity contribution in [3.63, 3.8) is 0 Å². The number of carbonyl (C=O) groups excluding carboxylic acids is 1. The van der Waals surface area contributed by atoms with Crippen molar-refractivity contribution in [1.82, 2.24) is 19.9 Å². The zero-order valence-corrected chi connectivity index (χ0v) is 14.4. The number of amides is 1. The maximum Gasteiger partial charge on any atom is 0.225 e. The maximum atomic E-state index is 12.4.